The van der Waals surface area contributed by atoms with Gasteiger partial charge < -0.3 is 4.74 Å². The van der Waals surface area contributed by atoms with Gasteiger partial charge in [0.05, 0.1) is 0 Å². The molecule has 6 rings (SSSR count). The van der Waals surface area contributed by atoms with Gasteiger partial charge >= 0.3 is 0 Å². The Bertz CT molecular complexity index is 1640. The lowest BCUT2D eigenvalue weighted by Crippen LogP contribution is -2.37. The fourth-order valence-corrected chi connectivity index (χ4v) is 8.05. The number of fused-ring (bicyclic) bond motifs is 6. The molecule has 230 valence electrons. The van der Waals surface area contributed by atoms with Crippen molar-refractivity contribution < 1.29 is 4.74 Å². The molecule has 2 aliphatic carbocycles. The molecule has 44 heavy (non-hydrogen) atoms. The Labute approximate surface area is 264 Å². The standard InChI is InChI=1S/C41H49NO2/c1-8-27-14-12-16-30(24-27)36-37-31-17-13-15-28(26-40(7,10-3)11-4)25-29(31)18-20-34(37)44-35-21-19-33-32(38(35)36)22-23-41(33,42-43)39(5,6)9-2/h12-14,16-24,28,36H,8-11,15,25-26H2,1-7H3. The first-order valence-corrected chi connectivity index (χ1v) is 16.9. The van der Waals surface area contributed by atoms with Crippen molar-refractivity contribution in [2.75, 3.05) is 0 Å². The molecule has 3 aromatic rings. The second-order valence-electron chi connectivity index (χ2n) is 14.5. The SMILES string of the molecule is CCc1cccc(C2c3c(ccc4c3C=CCC(CC(C)(CC)CC)C4)Oc3ccc4c(c32)C=CC4(N=O)C(C)(C)CC)c1. The minimum Gasteiger partial charge on any atom is -0.457 e. The van der Waals surface area contributed by atoms with Crippen LogP contribution in [0.5, 0.6) is 11.5 Å². The van der Waals surface area contributed by atoms with Crippen molar-refractivity contribution in [3.05, 3.63) is 110 Å². The third kappa shape index (κ3) is 4.78. The van der Waals surface area contributed by atoms with Crippen LogP contribution in [0.15, 0.2) is 65.9 Å². The summed E-state index contributed by atoms with van der Waals surface area (Å²) in [7, 11) is 0. The van der Waals surface area contributed by atoms with Gasteiger partial charge in [-0.25, -0.2) is 0 Å². The zero-order chi connectivity index (χ0) is 31.3. The van der Waals surface area contributed by atoms with Crippen LogP contribution in [0, 0.1) is 21.7 Å². The first-order chi connectivity index (χ1) is 21.1. The molecule has 1 aliphatic heterocycles. The van der Waals surface area contributed by atoms with Crippen molar-refractivity contribution in [2.45, 2.75) is 105 Å². The van der Waals surface area contributed by atoms with Crippen LogP contribution in [0.25, 0.3) is 12.2 Å². The summed E-state index contributed by atoms with van der Waals surface area (Å²) in [5.74, 6) is 2.42. The number of hydrogen-bond donors (Lipinski definition) is 0. The van der Waals surface area contributed by atoms with Crippen LogP contribution < -0.4 is 4.74 Å². The molecular weight excluding hydrogens is 538 g/mol. The van der Waals surface area contributed by atoms with Gasteiger partial charge in [-0.3, -0.25) is 0 Å². The molecular formula is C41H49NO2. The molecule has 0 fully saturated rings. The smallest absolute Gasteiger partial charge is 0.151 e. The van der Waals surface area contributed by atoms with Gasteiger partial charge in [-0.2, -0.15) is 0 Å². The lowest BCUT2D eigenvalue weighted by Gasteiger charge is -2.39. The van der Waals surface area contributed by atoms with Gasteiger partial charge in [0.15, 0.2) is 5.54 Å². The minimum atomic E-state index is -0.909. The van der Waals surface area contributed by atoms with Crippen molar-refractivity contribution in [1.82, 2.24) is 0 Å². The Morgan fingerprint density at radius 3 is 2.30 bits per heavy atom. The summed E-state index contributed by atoms with van der Waals surface area (Å²) in [5, 5.41) is 3.87. The molecule has 0 saturated carbocycles. The van der Waals surface area contributed by atoms with E-state index in [1.54, 1.807) is 0 Å². The highest BCUT2D eigenvalue weighted by Crippen LogP contribution is 2.58. The van der Waals surface area contributed by atoms with E-state index in [9.17, 15) is 4.91 Å². The normalized spacial score (nSPS) is 22.0. The first-order valence-electron chi connectivity index (χ1n) is 16.9. The molecule has 3 atom stereocenters. The molecule has 0 bridgehead atoms. The van der Waals surface area contributed by atoms with Crippen LogP contribution in [0.4, 0.5) is 0 Å². The highest BCUT2D eigenvalue weighted by Gasteiger charge is 2.50. The van der Waals surface area contributed by atoms with Gasteiger partial charge in [0.1, 0.15) is 11.5 Å². The van der Waals surface area contributed by atoms with Crippen LogP contribution in [-0.4, -0.2) is 0 Å². The maximum absolute atomic E-state index is 12.8. The summed E-state index contributed by atoms with van der Waals surface area (Å²) in [6.45, 7) is 15.8. The van der Waals surface area contributed by atoms with Gasteiger partial charge in [0, 0.05) is 22.5 Å². The van der Waals surface area contributed by atoms with E-state index >= 15 is 0 Å². The number of allylic oxidation sites excluding steroid dienone is 1. The fourth-order valence-electron chi connectivity index (χ4n) is 8.05. The van der Waals surface area contributed by atoms with Crippen molar-refractivity contribution in [3.8, 4) is 11.5 Å². The van der Waals surface area contributed by atoms with Gasteiger partial charge in [0.2, 0.25) is 0 Å². The highest BCUT2D eigenvalue weighted by atomic mass is 16.5. The van der Waals surface area contributed by atoms with E-state index in [-0.39, 0.29) is 11.3 Å². The third-order valence-corrected chi connectivity index (χ3v) is 11.8. The molecule has 3 unspecified atom stereocenters. The van der Waals surface area contributed by atoms with Crippen molar-refractivity contribution >= 4 is 12.2 Å². The second kappa shape index (κ2) is 11.5. The van der Waals surface area contributed by atoms with Crippen LogP contribution >= 0.6 is 0 Å². The van der Waals surface area contributed by atoms with Crippen LogP contribution in [0.2, 0.25) is 0 Å². The summed E-state index contributed by atoms with van der Waals surface area (Å²) in [6.07, 6.45) is 16.7. The number of rotatable bonds is 9. The molecule has 1 heterocycles. The van der Waals surface area contributed by atoms with Crippen molar-refractivity contribution in [1.29, 1.82) is 0 Å². The summed E-state index contributed by atoms with van der Waals surface area (Å²) >= 11 is 0. The Balaban J connectivity index is 1.56. The van der Waals surface area contributed by atoms with Crippen molar-refractivity contribution in [2.24, 2.45) is 21.9 Å². The molecule has 3 aromatic carbocycles. The van der Waals surface area contributed by atoms with Crippen LogP contribution in [0.1, 0.15) is 131 Å². The topological polar surface area (TPSA) is 38.7 Å². The number of nitroso groups, excluding NO2 is 1. The highest BCUT2D eigenvalue weighted by molar-refractivity contribution is 5.78. The van der Waals surface area contributed by atoms with E-state index < -0.39 is 5.54 Å². The molecule has 0 radical (unpaired) electrons. The maximum Gasteiger partial charge on any atom is 0.151 e. The van der Waals surface area contributed by atoms with Gasteiger partial charge in [-0.15, -0.1) is 4.91 Å². The summed E-state index contributed by atoms with van der Waals surface area (Å²) < 4.78 is 6.80. The quantitative estimate of drug-likeness (QED) is 0.183. The van der Waals surface area contributed by atoms with E-state index in [1.165, 1.54) is 47.1 Å². The molecule has 0 N–H and O–H groups in total. The van der Waals surface area contributed by atoms with Gasteiger partial charge in [0.25, 0.3) is 0 Å². The van der Waals surface area contributed by atoms with Gasteiger partial charge in [-0.1, -0.05) is 121 Å². The Hall–Kier alpha value is -3.46. The molecule has 0 spiro atoms. The largest absolute Gasteiger partial charge is 0.457 e. The van der Waals surface area contributed by atoms with E-state index in [0.29, 0.717) is 11.3 Å². The minimum absolute atomic E-state index is 0.0141. The molecule has 0 saturated heterocycles. The van der Waals surface area contributed by atoms with E-state index in [2.05, 4.69) is 126 Å². The average Bonchev–Trinajstić information content (AvgIpc) is 3.33. The van der Waals surface area contributed by atoms with Gasteiger partial charge in [-0.05, 0) is 95.0 Å². The molecule has 3 aliphatic rings. The number of hydrogen-bond acceptors (Lipinski definition) is 3. The average molecular weight is 588 g/mol. The van der Waals surface area contributed by atoms with Crippen LogP contribution in [0.3, 0.4) is 0 Å². The summed E-state index contributed by atoms with van der Waals surface area (Å²) in [4.78, 5) is 12.8. The molecule has 0 amide bonds. The number of benzene rings is 3. The van der Waals surface area contributed by atoms with Crippen molar-refractivity contribution in [3.63, 3.8) is 0 Å². The summed E-state index contributed by atoms with van der Waals surface area (Å²) in [6, 6.07) is 17.8. The predicted octanol–water partition coefficient (Wildman–Crippen LogP) is 11.8. The predicted molar refractivity (Wildman–Crippen MR) is 184 cm³/mol. The molecule has 3 heteroatoms. The Morgan fingerprint density at radius 2 is 1.61 bits per heavy atom. The van der Waals surface area contributed by atoms with E-state index in [0.717, 1.165) is 53.9 Å². The van der Waals surface area contributed by atoms with E-state index in [4.69, 9.17) is 4.74 Å². The molecule has 3 nitrogen and oxygen atoms in total. The third-order valence-electron chi connectivity index (χ3n) is 11.8. The second-order valence-corrected chi connectivity index (χ2v) is 14.5. The molecule has 0 aromatic heterocycles. The number of nitrogens with zero attached hydrogens (tertiary/aromatic N) is 1. The maximum atomic E-state index is 12.8. The zero-order valence-corrected chi connectivity index (χ0v) is 27.8. The monoisotopic (exact) mass is 587 g/mol. The lowest BCUT2D eigenvalue weighted by atomic mass is 9.67. The fraction of sp³-hybridized carbons (Fsp3) is 0.463. The zero-order valence-electron chi connectivity index (χ0n) is 27.8. The Kier molecular flexibility index (Phi) is 7.97. The first kappa shape index (κ1) is 30.6. The lowest BCUT2D eigenvalue weighted by molar-refractivity contribution is 0.209. The summed E-state index contributed by atoms with van der Waals surface area (Å²) in [5.41, 5.74) is 8.97. The number of aryl methyl sites for hydroxylation is 1. The number of ether oxygens (including phenoxy) is 1. The van der Waals surface area contributed by atoms with E-state index in [1.807, 2.05) is 0 Å². The van der Waals surface area contributed by atoms with Crippen LogP contribution in [-0.2, 0) is 18.4 Å². The Morgan fingerprint density at radius 1 is 0.886 bits per heavy atom.